The van der Waals surface area contributed by atoms with Crippen LogP contribution in [0.3, 0.4) is 0 Å². The van der Waals surface area contributed by atoms with Crippen molar-refractivity contribution in [3.63, 3.8) is 0 Å². The minimum absolute atomic E-state index is 0.703. The van der Waals surface area contributed by atoms with Gasteiger partial charge in [-0.2, -0.15) is 5.26 Å². The molecule has 0 saturated carbocycles. The van der Waals surface area contributed by atoms with Crippen molar-refractivity contribution in [3.8, 4) is 6.07 Å². The lowest BCUT2D eigenvalue weighted by Gasteiger charge is -2.03. The minimum atomic E-state index is 0.703. The SMILES string of the molecule is CCNCC.CCNc1ccccc1C#N. The van der Waals surface area contributed by atoms with E-state index >= 15 is 0 Å². The van der Waals surface area contributed by atoms with E-state index in [0.29, 0.717) is 5.56 Å². The molecule has 0 aliphatic heterocycles. The molecule has 0 heterocycles. The van der Waals surface area contributed by atoms with Gasteiger partial charge in [-0.25, -0.2) is 0 Å². The number of anilines is 1. The molecule has 0 radical (unpaired) electrons. The van der Waals surface area contributed by atoms with Crippen LogP contribution in [0.2, 0.25) is 0 Å². The molecule has 0 unspecified atom stereocenters. The van der Waals surface area contributed by atoms with E-state index in [0.717, 1.165) is 25.3 Å². The highest BCUT2D eigenvalue weighted by atomic mass is 14.9. The minimum Gasteiger partial charge on any atom is -0.384 e. The Hall–Kier alpha value is -1.53. The number of rotatable bonds is 4. The zero-order valence-electron chi connectivity index (χ0n) is 10.4. The molecule has 16 heavy (non-hydrogen) atoms. The second-order valence-electron chi connectivity index (χ2n) is 3.14. The van der Waals surface area contributed by atoms with Crippen LogP contribution in [-0.4, -0.2) is 19.6 Å². The zero-order chi connectivity index (χ0) is 12.2. The molecule has 88 valence electrons. The normalized spacial score (nSPS) is 8.62. The molecule has 2 N–H and O–H groups in total. The Kier molecular flexibility index (Phi) is 9.05. The molecule has 0 atom stereocenters. The third kappa shape index (κ3) is 6.05. The van der Waals surface area contributed by atoms with Gasteiger partial charge in [-0.05, 0) is 32.1 Å². The van der Waals surface area contributed by atoms with E-state index in [4.69, 9.17) is 5.26 Å². The van der Waals surface area contributed by atoms with Crippen molar-refractivity contribution < 1.29 is 0 Å². The zero-order valence-corrected chi connectivity index (χ0v) is 10.4. The summed E-state index contributed by atoms with van der Waals surface area (Å²) in [4.78, 5) is 0. The molecular formula is C13H21N3. The van der Waals surface area contributed by atoms with E-state index < -0.39 is 0 Å². The molecule has 0 aliphatic carbocycles. The van der Waals surface area contributed by atoms with Crippen LogP contribution in [0.1, 0.15) is 26.3 Å². The molecule has 0 spiro atoms. The van der Waals surface area contributed by atoms with Gasteiger partial charge in [0.1, 0.15) is 6.07 Å². The third-order valence-electron chi connectivity index (χ3n) is 1.91. The van der Waals surface area contributed by atoms with E-state index in [1.807, 2.05) is 25.1 Å². The van der Waals surface area contributed by atoms with E-state index in [9.17, 15) is 0 Å². The van der Waals surface area contributed by atoms with E-state index in [1.165, 1.54) is 0 Å². The molecule has 0 aromatic heterocycles. The smallest absolute Gasteiger partial charge is 0.101 e. The summed E-state index contributed by atoms with van der Waals surface area (Å²) in [6.07, 6.45) is 0. The molecule has 0 amide bonds. The van der Waals surface area contributed by atoms with Crippen molar-refractivity contribution in [2.75, 3.05) is 25.0 Å². The molecule has 0 fully saturated rings. The Labute approximate surface area is 98.5 Å². The maximum atomic E-state index is 8.66. The summed E-state index contributed by atoms with van der Waals surface area (Å²) in [7, 11) is 0. The molecule has 0 bridgehead atoms. The Balaban J connectivity index is 0.000000385. The lowest BCUT2D eigenvalue weighted by atomic mass is 10.2. The number of benzene rings is 1. The largest absolute Gasteiger partial charge is 0.384 e. The Morgan fingerprint density at radius 1 is 1.06 bits per heavy atom. The Morgan fingerprint density at radius 3 is 2.12 bits per heavy atom. The van der Waals surface area contributed by atoms with E-state index in [-0.39, 0.29) is 0 Å². The first-order valence-corrected chi connectivity index (χ1v) is 5.73. The molecule has 3 heteroatoms. The number of nitriles is 1. The van der Waals surface area contributed by atoms with Gasteiger partial charge in [0, 0.05) is 6.54 Å². The quantitative estimate of drug-likeness (QED) is 0.818. The second kappa shape index (κ2) is 10.0. The number of nitrogens with zero attached hydrogens (tertiary/aromatic N) is 1. The highest BCUT2D eigenvalue weighted by Gasteiger charge is 1.95. The van der Waals surface area contributed by atoms with E-state index in [2.05, 4.69) is 30.6 Å². The first-order chi connectivity index (χ1) is 7.79. The van der Waals surface area contributed by atoms with Crippen LogP contribution >= 0.6 is 0 Å². The predicted octanol–water partition coefficient (Wildman–Crippen LogP) is 2.61. The second-order valence-corrected chi connectivity index (χ2v) is 3.14. The van der Waals surface area contributed by atoms with Crippen LogP contribution in [0.4, 0.5) is 5.69 Å². The van der Waals surface area contributed by atoms with Crippen molar-refractivity contribution in [2.45, 2.75) is 20.8 Å². The lowest BCUT2D eigenvalue weighted by Crippen LogP contribution is -2.09. The van der Waals surface area contributed by atoms with Gasteiger partial charge in [0.05, 0.1) is 11.3 Å². The van der Waals surface area contributed by atoms with Crippen molar-refractivity contribution in [2.24, 2.45) is 0 Å². The standard InChI is InChI=1S/C9H10N2.C4H11N/c1-2-11-9-6-4-3-5-8(9)7-10;1-3-5-4-2/h3-6,11H,2H2,1H3;5H,3-4H2,1-2H3. The van der Waals surface area contributed by atoms with Crippen LogP contribution in [0.15, 0.2) is 24.3 Å². The maximum absolute atomic E-state index is 8.66. The molecule has 3 nitrogen and oxygen atoms in total. The van der Waals surface area contributed by atoms with Gasteiger partial charge in [0.15, 0.2) is 0 Å². The van der Waals surface area contributed by atoms with Crippen molar-refractivity contribution in [3.05, 3.63) is 29.8 Å². The molecule has 0 saturated heterocycles. The van der Waals surface area contributed by atoms with Crippen LogP contribution in [0, 0.1) is 11.3 Å². The first kappa shape index (κ1) is 14.5. The number of hydrogen-bond donors (Lipinski definition) is 2. The van der Waals surface area contributed by atoms with Crippen molar-refractivity contribution in [1.29, 1.82) is 5.26 Å². The number of para-hydroxylation sites is 1. The average Bonchev–Trinajstić information content (AvgIpc) is 2.32. The summed E-state index contributed by atoms with van der Waals surface area (Å²) in [5.41, 5.74) is 1.62. The van der Waals surface area contributed by atoms with Crippen molar-refractivity contribution >= 4 is 5.69 Å². The molecular weight excluding hydrogens is 198 g/mol. The van der Waals surface area contributed by atoms with E-state index in [1.54, 1.807) is 6.07 Å². The fraction of sp³-hybridized carbons (Fsp3) is 0.462. The topological polar surface area (TPSA) is 47.8 Å². The monoisotopic (exact) mass is 219 g/mol. The summed E-state index contributed by atoms with van der Waals surface area (Å²) in [6, 6.07) is 9.60. The maximum Gasteiger partial charge on any atom is 0.101 e. The Morgan fingerprint density at radius 2 is 1.69 bits per heavy atom. The summed E-state index contributed by atoms with van der Waals surface area (Å²) < 4.78 is 0. The van der Waals surface area contributed by atoms with Gasteiger partial charge in [-0.1, -0.05) is 26.0 Å². The molecule has 1 aromatic rings. The molecule has 1 aromatic carbocycles. The van der Waals surface area contributed by atoms with Crippen molar-refractivity contribution in [1.82, 2.24) is 5.32 Å². The summed E-state index contributed by atoms with van der Waals surface area (Å²) >= 11 is 0. The van der Waals surface area contributed by atoms with Gasteiger partial charge in [0.25, 0.3) is 0 Å². The third-order valence-corrected chi connectivity index (χ3v) is 1.91. The van der Waals surface area contributed by atoms with Gasteiger partial charge in [-0.3, -0.25) is 0 Å². The van der Waals surface area contributed by atoms with Crippen LogP contribution in [-0.2, 0) is 0 Å². The summed E-state index contributed by atoms with van der Waals surface area (Å²) in [5.74, 6) is 0. The summed E-state index contributed by atoms with van der Waals surface area (Å²) in [6.45, 7) is 9.24. The predicted molar refractivity (Wildman–Crippen MR) is 69.5 cm³/mol. The fourth-order valence-corrected chi connectivity index (χ4v) is 1.18. The lowest BCUT2D eigenvalue weighted by molar-refractivity contribution is 0.762. The summed E-state index contributed by atoms with van der Waals surface area (Å²) in [5, 5.41) is 14.9. The van der Waals surface area contributed by atoms with Gasteiger partial charge >= 0.3 is 0 Å². The fourth-order valence-electron chi connectivity index (χ4n) is 1.18. The number of nitrogens with one attached hydrogen (secondary N) is 2. The highest BCUT2D eigenvalue weighted by Crippen LogP contribution is 2.12. The van der Waals surface area contributed by atoms with Gasteiger partial charge in [0.2, 0.25) is 0 Å². The first-order valence-electron chi connectivity index (χ1n) is 5.73. The average molecular weight is 219 g/mol. The highest BCUT2D eigenvalue weighted by molar-refractivity contribution is 5.56. The van der Waals surface area contributed by atoms with Crippen LogP contribution in [0.5, 0.6) is 0 Å². The number of hydrogen-bond acceptors (Lipinski definition) is 3. The Bertz CT molecular complexity index is 313. The van der Waals surface area contributed by atoms with Crippen LogP contribution in [0.25, 0.3) is 0 Å². The molecule has 1 rings (SSSR count). The molecule has 0 aliphatic rings. The van der Waals surface area contributed by atoms with Crippen LogP contribution < -0.4 is 10.6 Å². The van der Waals surface area contributed by atoms with Gasteiger partial charge in [-0.15, -0.1) is 0 Å². The van der Waals surface area contributed by atoms with Gasteiger partial charge < -0.3 is 10.6 Å².